The quantitative estimate of drug-likeness (QED) is 0.710. The standard InChI is InChI=1S/C17H18N2O2S/c1-21-9-8-18-17(20)15-11-16-14(7-10-22-16)19(15)12-13-5-3-2-4-6-13/h2-7,10-11H,8-9,12H2,1H3,(H,18,20). The highest BCUT2D eigenvalue weighted by Crippen LogP contribution is 2.26. The fourth-order valence-electron chi connectivity index (χ4n) is 2.46. The summed E-state index contributed by atoms with van der Waals surface area (Å²) in [5, 5.41) is 4.95. The zero-order valence-corrected chi connectivity index (χ0v) is 13.2. The van der Waals surface area contributed by atoms with Crippen molar-refractivity contribution in [3.8, 4) is 0 Å². The van der Waals surface area contributed by atoms with Crippen molar-refractivity contribution < 1.29 is 9.53 Å². The SMILES string of the molecule is COCCNC(=O)c1cc2sccc2n1Cc1ccccc1. The second kappa shape index (κ2) is 6.77. The Labute approximate surface area is 133 Å². The molecule has 1 aromatic carbocycles. The van der Waals surface area contributed by atoms with Crippen LogP contribution in [0, 0.1) is 0 Å². The van der Waals surface area contributed by atoms with Gasteiger partial charge in [-0.1, -0.05) is 30.3 Å². The number of methoxy groups -OCH3 is 1. The summed E-state index contributed by atoms with van der Waals surface area (Å²) in [7, 11) is 1.63. The van der Waals surface area contributed by atoms with Gasteiger partial charge in [-0.3, -0.25) is 4.79 Å². The number of hydrogen-bond acceptors (Lipinski definition) is 3. The van der Waals surface area contributed by atoms with Crippen LogP contribution in [0.25, 0.3) is 10.2 Å². The minimum Gasteiger partial charge on any atom is -0.383 e. The first-order valence-corrected chi connectivity index (χ1v) is 8.05. The number of carbonyl (C=O) groups is 1. The molecule has 0 fully saturated rings. The maximum Gasteiger partial charge on any atom is 0.268 e. The highest BCUT2D eigenvalue weighted by molar-refractivity contribution is 7.17. The number of rotatable bonds is 6. The Hall–Kier alpha value is -2.11. The number of thiophene rings is 1. The fraction of sp³-hybridized carbons (Fsp3) is 0.235. The van der Waals surface area contributed by atoms with Crippen molar-refractivity contribution in [2.45, 2.75) is 6.54 Å². The van der Waals surface area contributed by atoms with Gasteiger partial charge in [0.1, 0.15) is 5.69 Å². The molecule has 0 unspecified atom stereocenters. The molecule has 0 spiro atoms. The Morgan fingerprint density at radius 2 is 2.09 bits per heavy atom. The Morgan fingerprint density at radius 1 is 1.27 bits per heavy atom. The number of ether oxygens (including phenoxy) is 1. The first-order valence-electron chi connectivity index (χ1n) is 7.17. The number of benzene rings is 1. The molecule has 3 aromatic rings. The summed E-state index contributed by atoms with van der Waals surface area (Å²) in [6.45, 7) is 1.72. The molecule has 3 rings (SSSR count). The second-order valence-corrected chi connectivity index (χ2v) is 5.97. The molecule has 0 aliphatic rings. The van der Waals surface area contributed by atoms with Gasteiger partial charge in [-0.15, -0.1) is 11.3 Å². The number of hydrogen-bond donors (Lipinski definition) is 1. The molecule has 2 aromatic heterocycles. The molecule has 0 saturated heterocycles. The molecule has 0 aliphatic heterocycles. The number of nitrogens with zero attached hydrogens (tertiary/aromatic N) is 1. The number of nitrogens with one attached hydrogen (secondary N) is 1. The maximum absolute atomic E-state index is 12.4. The summed E-state index contributed by atoms with van der Waals surface area (Å²) in [6, 6.07) is 14.2. The van der Waals surface area contributed by atoms with E-state index >= 15 is 0 Å². The Bertz CT molecular complexity index is 761. The normalized spacial score (nSPS) is 11.0. The van der Waals surface area contributed by atoms with E-state index in [0.29, 0.717) is 25.4 Å². The van der Waals surface area contributed by atoms with E-state index in [1.165, 1.54) is 5.56 Å². The van der Waals surface area contributed by atoms with Crippen LogP contribution in [-0.2, 0) is 11.3 Å². The van der Waals surface area contributed by atoms with Crippen molar-refractivity contribution in [3.05, 3.63) is 59.1 Å². The molecule has 1 amide bonds. The van der Waals surface area contributed by atoms with Gasteiger partial charge in [0.15, 0.2) is 0 Å². The van der Waals surface area contributed by atoms with Crippen molar-refractivity contribution in [2.75, 3.05) is 20.3 Å². The lowest BCUT2D eigenvalue weighted by Gasteiger charge is -2.11. The monoisotopic (exact) mass is 314 g/mol. The number of aromatic nitrogens is 1. The van der Waals surface area contributed by atoms with Crippen LogP contribution < -0.4 is 5.32 Å². The van der Waals surface area contributed by atoms with Gasteiger partial charge in [-0.05, 0) is 23.1 Å². The molecule has 1 N–H and O–H groups in total. The van der Waals surface area contributed by atoms with Gasteiger partial charge in [0.05, 0.1) is 16.8 Å². The average molecular weight is 314 g/mol. The van der Waals surface area contributed by atoms with E-state index in [1.807, 2.05) is 24.3 Å². The number of carbonyl (C=O) groups excluding carboxylic acids is 1. The molecule has 2 heterocycles. The van der Waals surface area contributed by atoms with Crippen LogP contribution in [0.2, 0.25) is 0 Å². The van der Waals surface area contributed by atoms with E-state index in [-0.39, 0.29) is 5.91 Å². The Balaban J connectivity index is 1.90. The zero-order valence-electron chi connectivity index (χ0n) is 12.4. The van der Waals surface area contributed by atoms with Gasteiger partial charge >= 0.3 is 0 Å². The first kappa shape index (κ1) is 14.8. The van der Waals surface area contributed by atoms with Gasteiger partial charge in [0.25, 0.3) is 5.91 Å². The van der Waals surface area contributed by atoms with Crippen molar-refractivity contribution >= 4 is 27.5 Å². The summed E-state index contributed by atoms with van der Waals surface area (Å²) >= 11 is 1.65. The molecule has 0 bridgehead atoms. The van der Waals surface area contributed by atoms with E-state index in [0.717, 1.165) is 10.2 Å². The van der Waals surface area contributed by atoms with Crippen LogP contribution >= 0.6 is 11.3 Å². The van der Waals surface area contributed by atoms with Crippen molar-refractivity contribution in [1.29, 1.82) is 0 Å². The van der Waals surface area contributed by atoms with Crippen molar-refractivity contribution in [1.82, 2.24) is 9.88 Å². The highest BCUT2D eigenvalue weighted by Gasteiger charge is 2.16. The number of amides is 1. The minimum atomic E-state index is -0.0589. The van der Waals surface area contributed by atoms with Gasteiger partial charge in [-0.2, -0.15) is 0 Å². The highest BCUT2D eigenvalue weighted by atomic mass is 32.1. The molecule has 0 radical (unpaired) electrons. The number of fused-ring (bicyclic) bond motifs is 1. The molecule has 0 aliphatic carbocycles. The Kier molecular flexibility index (Phi) is 4.56. The summed E-state index contributed by atoms with van der Waals surface area (Å²) in [6.07, 6.45) is 0. The van der Waals surface area contributed by atoms with E-state index in [4.69, 9.17) is 4.74 Å². The lowest BCUT2D eigenvalue weighted by molar-refractivity contribution is 0.0929. The lowest BCUT2D eigenvalue weighted by Crippen LogP contribution is -2.29. The summed E-state index contributed by atoms with van der Waals surface area (Å²) in [4.78, 5) is 12.4. The van der Waals surface area contributed by atoms with Gasteiger partial charge in [-0.25, -0.2) is 0 Å². The topological polar surface area (TPSA) is 43.3 Å². The van der Waals surface area contributed by atoms with E-state index in [9.17, 15) is 4.79 Å². The first-order chi connectivity index (χ1) is 10.8. The van der Waals surface area contributed by atoms with Gasteiger partial charge < -0.3 is 14.6 Å². The van der Waals surface area contributed by atoms with Gasteiger partial charge in [0, 0.05) is 20.2 Å². The molecule has 114 valence electrons. The largest absolute Gasteiger partial charge is 0.383 e. The smallest absolute Gasteiger partial charge is 0.268 e. The molecule has 5 heteroatoms. The van der Waals surface area contributed by atoms with Crippen LogP contribution in [-0.4, -0.2) is 30.7 Å². The maximum atomic E-state index is 12.4. The van der Waals surface area contributed by atoms with Crippen LogP contribution in [0.3, 0.4) is 0 Å². The zero-order chi connectivity index (χ0) is 15.4. The summed E-state index contributed by atoms with van der Waals surface area (Å²) in [5.74, 6) is -0.0589. The molecule has 0 saturated carbocycles. The molecular weight excluding hydrogens is 296 g/mol. The average Bonchev–Trinajstić information content (AvgIpc) is 3.11. The van der Waals surface area contributed by atoms with E-state index in [2.05, 4.69) is 33.5 Å². The van der Waals surface area contributed by atoms with Crippen molar-refractivity contribution in [2.24, 2.45) is 0 Å². The van der Waals surface area contributed by atoms with E-state index < -0.39 is 0 Å². The molecule has 22 heavy (non-hydrogen) atoms. The predicted molar refractivity (Wildman–Crippen MR) is 89.6 cm³/mol. The predicted octanol–water partition coefficient (Wildman–Crippen LogP) is 3.13. The van der Waals surface area contributed by atoms with Crippen LogP contribution in [0.4, 0.5) is 0 Å². The molecule has 0 atom stereocenters. The summed E-state index contributed by atoms with van der Waals surface area (Å²) < 4.78 is 8.18. The van der Waals surface area contributed by atoms with Gasteiger partial charge in [0.2, 0.25) is 0 Å². The van der Waals surface area contributed by atoms with Crippen LogP contribution in [0.1, 0.15) is 16.1 Å². The minimum absolute atomic E-state index is 0.0589. The Morgan fingerprint density at radius 3 is 2.86 bits per heavy atom. The fourth-order valence-corrected chi connectivity index (χ4v) is 3.28. The van der Waals surface area contributed by atoms with Crippen LogP contribution in [0.15, 0.2) is 47.8 Å². The molecular formula is C17H18N2O2S. The third kappa shape index (κ3) is 3.05. The third-order valence-corrected chi connectivity index (χ3v) is 4.38. The third-order valence-electron chi connectivity index (χ3n) is 3.53. The lowest BCUT2D eigenvalue weighted by atomic mass is 10.2. The summed E-state index contributed by atoms with van der Waals surface area (Å²) in [5.41, 5.74) is 2.98. The second-order valence-electron chi connectivity index (χ2n) is 5.02. The van der Waals surface area contributed by atoms with Crippen molar-refractivity contribution in [3.63, 3.8) is 0 Å². The van der Waals surface area contributed by atoms with Crippen LogP contribution in [0.5, 0.6) is 0 Å². The van der Waals surface area contributed by atoms with E-state index in [1.54, 1.807) is 18.4 Å². The molecule has 4 nitrogen and oxygen atoms in total.